The summed E-state index contributed by atoms with van der Waals surface area (Å²) in [5, 5.41) is 0. The first-order valence-electron chi connectivity index (χ1n) is 4.81. The predicted molar refractivity (Wildman–Crippen MR) is 58.0 cm³/mol. The Kier molecular flexibility index (Phi) is 2.72. The van der Waals surface area contributed by atoms with Gasteiger partial charge in [-0.1, -0.05) is 0 Å². The molecule has 2 rings (SSSR count). The molecule has 0 aliphatic heterocycles. The molecule has 0 aromatic carbocycles. The van der Waals surface area contributed by atoms with E-state index < -0.39 is 5.97 Å². The number of furan rings is 1. The number of hydrogen-bond acceptors (Lipinski definition) is 4. The number of rotatable bonds is 2. The quantitative estimate of drug-likeness (QED) is 0.725. The van der Waals surface area contributed by atoms with Crippen molar-refractivity contribution >= 4 is 5.97 Å². The second-order valence-electron chi connectivity index (χ2n) is 3.31. The summed E-state index contributed by atoms with van der Waals surface area (Å²) in [6.45, 7) is 1.73. The van der Waals surface area contributed by atoms with Gasteiger partial charge in [0.1, 0.15) is 17.1 Å². The van der Waals surface area contributed by atoms with Crippen LogP contribution in [0.5, 0.6) is 0 Å². The third-order valence-corrected chi connectivity index (χ3v) is 2.27. The summed E-state index contributed by atoms with van der Waals surface area (Å²) >= 11 is 0. The number of esters is 1. The number of nitrogens with zero attached hydrogens (tertiary/aromatic N) is 1. The molecule has 4 nitrogen and oxygen atoms in total. The molecule has 0 bridgehead atoms. The van der Waals surface area contributed by atoms with Crippen LogP contribution >= 0.6 is 0 Å². The average molecular weight is 217 g/mol. The Morgan fingerprint density at radius 1 is 1.50 bits per heavy atom. The summed E-state index contributed by atoms with van der Waals surface area (Å²) in [6, 6.07) is 5.34. The molecule has 0 aliphatic rings. The molecule has 0 amide bonds. The van der Waals surface area contributed by atoms with Gasteiger partial charge in [-0.3, -0.25) is 4.98 Å². The fourth-order valence-corrected chi connectivity index (χ4v) is 1.45. The molecule has 82 valence electrons. The van der Waals surface area contributed by atoms with Gasteiger partial charge in [-0.2, -0.15) is 0 Å². The number of methoxy groups -OCH3 is 1. The molecule has 2 aromatic rings. The van der Waals surface area contributed by atoms with Gasteiger partial charge in [0.25, 0.3) is 0 Å². The summed E-state index contributed by atoms with van der Waals surface area (Å²) in [4.78, 5) is 15.4. The van der Waals surface area contributed by atoms with Crippen molar-refractivity contribution in [1.29, 1.82) is 0 Å². The lowest BCUT2D eigenvalue weighted by molar-refractivity contribution is 0.0599. The van der Waals surface area contributed by atoms with E-state index in [-0.39, 0.29) is 0 Å². The van der Waals surface area contributed by atoms with E-state index in [1.165, 1.54) is 7.11 Å². The highest BCUT2D eigenvalue weighted by molar-refractivity contribution is 5.91. The highest BCUT2D eigenvalue weighted by atomic mass is 16.5. The fraction of sp³-hybridized carbons (Fsp3) is 0.167. The summed E-state index contributed by atoms with van der Waals surface area (Å²) in [5.74, 6) is 0.771. The van der Waals surface area contributed by atoms with Crippen molar-refractivity contribution in [3.8, 4) is 11.3 Å². The van der Waals surface area contributed by atoms with Crippen molar-refractivity contribution in [3.63, 3.8) is 0 Å². The number of pyridine rings is 1. The number of carbonyl (C=O) groups is 1. The molecule has 0 saturated heterocycles. The van der Waals surface area contributed by atoms with E-state index in [1.54, 1.807) is 25.4 Å². The third kappa shape index (κ3) is 1.82. The maximum atomic E-state index is 11.4. The lowest BCUT2D eigenvalue weighted by Crippen LogP contribution is -2.00. The smallest absolute Gasteiger partial charge is 0.341 e. The Morgan fingerprint density at radius 3 is 2.94 bits per heavy atom. The monoisotopic (exact) mass is 217 g/mol. The van der Waals surface area contributed by atoms with Crippen LogP contribution in [0.15, 0.2) is 35.0 Å². The minimum Gasteiger partial charge on any atom is -0.465 e. The Hall–Kier alpha value is -2.10. The van der Waals surface area contributed by atoms with Crippen LogP contribution < -0.4 is 0 Å². The van der Waals surface area contributed by atoms with Crippen LogP contribution in [-0.4, -0.2) is 18.1 Å². The number of carbonyl (C=O) groups excluding carboxylic acids is 1. The van der Waals surface area contributed by atoms with Gasteiger partial charge in [0.2, 0.25) is 0 Å². The van der Waals surface area contributed by atoms with Crippen LogP contribution in [0.2, 0.25) is 0 Å². The van der Waals surface area contributed by atoms with E-state index in [0.29, 0.717) is 17.1 Å². The van der Waals surface area contributed by atoms with E-state index in [9.17, 15) is 4.79 Å². The molecule has 0 N–H and O–H groups in total. The van der Waals surface area contributed by atoms with Crippen LogP contribution in [0.25, 0.3) is 11.3 Å². The summed E-state index contributed by atoms with van der Waals surface area (Å²) in [6.07, 6.45) is 3.36. The van der Waals surface area contributed by atoms with E-state index in [4.69, 9.17) is 4.42 Å². The zero-order chi connectivity index (χ0) is 11.5. The van der Waals surface area contributed by atoms with E-state index >= 15 is 0 Å². The first-order valence-corrected chi connectivity index (χ1v) is 4.81. The lowest BCUT2D eigenvalue weighted by atomic mass is 10.2. The second-order valence-corrected chi connectivity index (χ2v) is 3.31. The van der Waals surface area contributed by atoms with Gasteiger partial charge >= 0.3 is 5.97 Å². The maximum absolute atomic E-state index is 11.4. The standard InChI is InChI=1S/C12H11NO3/c1-8-10(12(14)15-2)6-11(16-8)9-4-3-5-13-7-9/h3-7H,1-2H3. The molecule has 0 spiro atoms. The largest absolute Gasteiger partial charge is 0.465 e. The highest BCUT2D eigenvalue weighted by Crippen LogP contribution is 2.24. The fourth-order valence-electron chi connectivity index (χ4n) is 1.45. The first-order chi connectivity index (χ1) is 7.72. The molecule has 2 aromatic heterocycles. The van der Waals surface area contributed by atoms with Crippen molar-refractivity contribution in [2.75, 3.05) is 7.11 Å². The molecule has 16 heavy (non-hydrogen) atoms. The first kappa shape index (κ1) is 10.4. The molecular weight excluding hydrogens is 206 g/mol. The number of aryl methyl sites for hydroxylation is 1. The van der Waals surface area contributed by atoms with E-state index in [1.807, 2.05) is 12.1 Å². The molecule has 0 aliphatic carbocycles. The molecule has 0 saturated carbocycles. The zero-order valence-electron chi connectivity index (χ0n) is 9.06. The molecule has 0 fully saturated rings. The van der Waals surface area contributed by atoms with Crippen LogP contribution in [0, 0.1) is 6.92 Å². The third-order valence-electron chi connectivity index (χ3n) is 2.27. The van der Waals surface area contributed by atoms with Gasteiger partial charge in [0.05, 0.1) is 7.11 Å². The average Bonchev–Trinajstić information content (AvgIpc) is 2.71. The predicted octanol–water partition coefficient (Wildman–Crippen LogP) is 2.44. The Morgan fingerprint density at radius 2 is 2.31 bits per heavy atom. The molecule has 0 radical (unpaired) electrons. The number of ether oxygens (including phenoxy) is 1. The Balaban J connectivity index is 2.42. The second kappa shape index (κ2) is 4.18. The highest BCUT2D eigenvalue weighted by Gasteiger charge is 2.15. The minimum absolute atomic E-state index is 0.392. The maximum Gasteiger partial charge on any atom is 0.341 e. The minimum atomic E-state index is -0.392. The zero-order valence-corrected chi connectivity index (χ0v) is 9.06. The van der Waals surface area contributed by atoms with Gasteiger partial charge < -0.3 is 9.15 Å². The van der Waals surface area contributed by atoms with Crippen molar-refractivity contribution in [3.05, 3.63) is 41.9 Å². The van der Waals surface area contributed by atoms with Gasteiger partial charge in [0, 0.05) is 18.0 Å². The van der Waals surface area contributed by atoms with Crippen LogP contribution in [-0.2, 0) is 4.74 Å². The summed E-state index contributed by atoms with van der Waals surface area (Å²) in [7, 11) is 1.35. The molecule has 0 atom stereocenters. The van der Waals surface area contributed by atoms with Crippen molar-refractivity contribution in [1.82, 2.24) is 4.98 Å². The van der Waals surface area contributed by atoms with Gasteiger partial charge in [-0.25, -0.2) is 4.79 Å². The van der Waals surface area contributed by atoms with Gasteiger partial charge in [-0.15, -0.1) is 0 Å². The summed E-state index contributed by atoms with van der Waals surface area (Å²) < 4.78 is 10.1. The van der Waals surface area contributed by atoms with Crippen LogP contribution in [0.1, 0.15) is 16.1 Å². The van der Waals surface area contributed by atoms with Gasteiger partial charge in [-0.05, 0) is 25.1 Å². The number of aromatic nitrogens is 1. The summed E-state index contributed by atoms with van der Waals surface area (Å²) in [5.41, 5.74) is 1.28. The van der Waals surface area contributed by atoms with E-state index in [2.05, 4.69) is 9.72 Å². The molecule has 0 unspecified atom stereocenters. The number of hydrogen-bond donors (Lipinski definition) is 0. The SMILES string of the molecule is COC(=O)c1cc(-c2cccnc2)oc1C. The van der Waals surface area contributed by atoms with Gasteiger partial charge in [0.15, 0.2) is 0 Å². The Labute approximate surface area is 92.9 Å². The molecular formula is C12H11NO3. The van der Waals surface area contributed by atoms with Crippen LogP contribution in [0.4, 0.5) is 0 Å². The normalized spacial score (nSPS) is 10.1. The molecule has 4 heteroatoms. The van der Waals surface area contributed by atoms with E-state index in [0.717, 1.165) is 5.56 Å². The van der Waals surface area contributed by atoms with Crippen molar-refractivity contribution in [2.45, 2.75) is 6.92 Å². The Bertz CT molecular complexity index is 502. The lowest BCUT2D eigenvalue weighted by Gasteiger charge is -1.93. The molecule has 2 heterocycles. The van der Waals surface area contributed by atoms with Crippen LogP contribution in [0.3, 0.4) is 0 Å². The van der Waals surface area contributed by atoms with Crippen molar-refractivity contribution < 1.29 is 13.9 Å². The van der Waals surface area contributed by atoms with Crippen molar-refractivity contribution in [2.24, 2.45) is 0 Å². The topological polar surface area (TPSA) is 52.3 Å².